The maximum atomic E-state index is 13.1. The van der Waals surface area contributed by atoms with Crippen LogP contribution in [-0.2, 0) is 22.6 Å². The number of hydrogen-bond donors (Lipinski definition) is 1. The fourth-order valence-corrected chi connectivity index (χ4v) is 4.03. The van der Waals surface area contributed by atoms with Crippen LogP contribution in [0.5, 0.6) is 0 Å². The van der Waals surface area contributed by atoms with E-state index in [4.69, 9.17) is 4.74 Å². The van der Waals surface area contributed by atoms with Crippen molar-refractivity contribution in [2.45, 2.75) is 64.3 Å². The van der Waals surface area contributed by atoms with Crippen molar-refractivity contribution >= 4 is 16.8 Å². The van der Waals surface area contributed by atoms with Crippen LogP contribution in [0, 0.1) is 0 Å². The van der Waals surface area contributed by atoms with Crippen molar-refractivity contribution < 1.29 is 9.53 Å². The van der Waals surface area contributed by atoms with E-state index in [2.05, 4.69) is 52.2 Å². The summed E-state index contributed by atoms with van der Waals surface area (Å²) in [6.07, 6.45) is 7.83. The highest BCUT2D eigenvalue weighted by molar-refractivity contribution is 5.86. The number of hydrogen-bond acceptors (Lipinski definition) is 3. The summed E-state index contributed by atoms with van der Waals surface area (Å²) < 4.78 is 8.11. The average Bonchev–Trinajstić information content (AvgIpc) is 3.50. The minimum Gasteiger partial charge on any atom is -0.366 e. The van der Waals surface area contributed by atoms with Crippen LogP contribution >= 0.6 is 0 Å². The number of carbonyl (C=O) groups excluding carboxylic acids is 1. The first-order valence-corrected chi connectivity index (χ1v) is 10.5. The number of nitrogens with zero attached hydrogens (tertiary/aromatic N) is 2. The zero-order chi connectivity index (χ0) is 18.6. The van der Waals surface area contributed by atoms with E-state index in [-0.39, 0.29) is 12.0 Å². The van der Waals surface area contributed by atoms with Gasteiger partial charge in [0.05, 0.1) is 6.61 Å². The lowest BCUT2D eigenvalue weighted by atomic mass is 10.1. The third-order valence-electron chi connectivity index (χ3n) is 5.69. The number of rotatable bonds is 8. The molecule has 146 valence electrons. The number of para-hydroxylation sites is 1. The molecule has 1 aromatic carbocycles. The maximum absolute atomic E-state index is 13.1. The predicted octanol–water partition coefficient (Wildman–Crippen LogP) is 3.31. The Labute approximate surface area is 161 Å². The molecule has 2 fully saturated rings. The Morgan fingerprint density at radius 1 is 1.30 bits per heavy atom. The van der Waals surface area contributed by atoms with Gasteiger partial charge >= 0.3 is 0 Å². The second-order valence-electron chi connectivity index (χ2n) is 7.83. The minimum atomic E-state index is -0.336. The third-order valence-corrected chi connectivity index (χ3v) is 5.69. The van der Waals surface area contributed by atoms with Crippen molar-refractivity contribution in [3.63, 3.8) is 0 Å². The second kappa shape index (κ2) is 8.44. The van der Waals surface area contributed by atoms with Gasteiger partial charge in [-0.3, -0.25) is 4.79 Å². The molecule has 27 heavy (non-hydrogen) atoms. The normalized spacial score (nSPS) is 20.1. The fraction of sp³-hybridized carbons (Fsp3) is 0.591. The Morgan fingerprint density at radius 3 is 2.89 bits per heavy atom. The average molecular weight is 370 g/mol. The molecule has 2 aromatic rings. The van der Waals surface area contributed by atoms with Gasteiger partial charge in [-0.1, -0.05) is 38.0 Å². The number of nitrogens with one attached hydrogen (secondary N) is 1. The zero-order valence-corrected chi connectivity index (χ0v) is 16.3. The molecule has 1 aliphatic heterocycles. The monoisotopic (exact) mass is 369 g/mol. The molecular weight excluding hydrogens is 338 g/mol. The molecule has 0 spiro atoms. The second-order valence-corrected chi connectivity index (χ2v) is 7.83. The molecule has 4 rings (SSSR count). The summed E-state index contributed by atoms with van der Waals surface area (Å²) in [6.45, 7) is 6.04. The van der Waals surface area contributed by atoms with Crippen LogP contribution in [0.4, 0.5) is 0 Å². The first-order valence-electron chi connectivity index (χ1n) is 10.5. The molecule has 1 saturated heterocycles. The van der Waals surface area contributed by atoms with Crippen molar-refractivity contribution in [1.82, 2.24) is 14.8 Å². The lowest BCUT2D eigenvalue weighted by Gasteiger charge is -2.30. The number of aromatic nitrogens is 1. The van der Waals surface area contributed by atoms with E-state index >= 15 is 0 Å². The van der Waals surface area contributed by atoms with E-state index in [1.165, 1.54) is 35.7 Å². The quantitative estimate of drug-likeness (QED) is 0.726. The number of morpholine rings is 1. The third kappa shape index (κ3) is 4.19. The highest BCUT2D eigenvalue weighted by Crippen LogP contribution is 2.31. The molecule has 1 atom stereocenters. The number of aryl methyl sites for hydroxylation is 1. The van der Waals surface area contributed by atoms with E-state index < -0.39 is 0 Å². The van der Waals surface area contributed by atoms with Crippen molar-refractivity contribution in [1.29, 1.82) is 0 Å². The number of unbranched alkanes of at least 4 members (excludes halogenated alkanes) is 2. The first kappa shape index (κ1) is 18.5. The number of ether oxygens (including phenoxy) is 1. The van der Waals surface area contributed by atoms with E-state index in [1.807, 2.05) is 0 Å². The molecule has 2 aliphatic rings. The summed E-state index contributed by atoms with van der Waals surface area (Å²) in [5.41, 5.74) is 2.54. The van der Waals surface area contributed by atoms with Crippen LogP contribution in [0.2, 0.25) is 0 Å². The lowest BCUT2D eigenvalue weighted by molar-refractivity contribution is -0.146. The molecule has 5 nitrogen and oxygen atoms in total. The zero-order valence-electron chi connectivity index (χ0n) is 16.3. The number of carbonyl (C=O) groups is 1. The topological polar surface area (TPSA) is 46.5 Å². The molecule has 1 unspecified atom stereocenters. The van der Waals surface area contributed by atoms with Gasteiger partial charge in [0.1, 0.15) is 6.10 Å². The molecule has 1 aliphatic carbocycles. The first-order chi connectivity index (χ1) is 13.3. The molecule has 1 amide bonds. The summed E-state index contributed by atoms with van der Waals surface area (Å²) in [5.74, 6) is 0.146. The lowest BCUT2D eigenvalue weighted by Crippen LogP contribution is -2.49. The minimum absolute atomic E-state index is 0.146. The van der Waals surface area contributed by atoms with E-state index in [1.54, 1.807) is 0 Å². The Bertz CT molecular complexity index is 775. The standard InChI is InChI=1S/C22H31N3O2/c1-2-3-6-12-24-15-17(19-7-4-5-8-20(19)24)16-25(18-9-10-18)22(26)21-14-23-11-13-27-21/h4-5,7-8,15,18,21,23H,2-3,6,9-14,16H2,1H3. The molecule has 1 saturated carbocycles. The van der Waals surface area contributed by atoms with Crippen molar-refractivity contribution in [3.8, 4) is 0 Å². The molecular formula is C22H31N3O2. The number of benzene rings is 1. The largest absolute Gasteiger partial charge is 0.366 e. The maximum Gasteiger partial charge on any atom is 0.253 e. The van der Waals surface area contributed by atoms with Crippen molar-refractivity contribution in [2.24, 2.45) is 0 Å². The van der Waals surface area contributed by atoms with Gasteiger partial charge in [0, 0.05) is 49.3 Å². The number of fused-ring (bicyclic) bond motifs is 1. The van der Waals surface area contributed by atoms with Crippen molar-refractivity contribution in [3.05, 3.63) is 36.0 Å². The van der Waals surface area contributed by atoms with Gasteiger partial charge in [-0.2, -0.15) is 0 Å². The van der Waals surface area contributed by atoms with Gasteiger partial charge in [0.25, 0.3) is 5.91 Å². The van der Waals surface area contributed by atoms with E-state index in [0.717, 1.165) is 25.9 Å². The van der Waals surface area contributed by atoms with E-state index in [9.17, 15) is 4.79 Å². The van der Waals surface area contributed by atoms with Crippen LogP contribution in [0.3, 0.4) is 0 Å². The van der Waals surface area contributed by atoms with Crippen LogP contribution in [-0.4, -0.2) is 47.2 Å². The van der Waals surface area contributed by atoms with Crippen LogP contribution in [0.1, 0.15) is 44.6 Å². The van der Waals surface area contributed by atoms with Crippen molar-refractivity contribution in [2.75, 3.05) is 19.7 Å². The molecule has 0 radical (unpaired) electrons. The van der Waals surface area contributed by atoms with Gasteiger partial charge in [0.2, 0.25) is 0 Å². The van der Waals surface area contributed by atoms with Crippen LogP contribution in [0.15, 0.2) is 30.5 Å². The highest BCUT2D eigenvalue weighted by atomic mass is 16.5. The van der Waals surface area contributed by atoms with Gasteiger partial charge in [-0.05, 0) is 30.9 Å². The summed E-state index contributed by atoms with van der Waals surface area (Å²) in [5, 5.41) is 4.55. The summed E-state index contributed by atoms with van der Waals surface area (Å²) >= 11 is 0. The fourth-order valence-electron chi connectivity index (χ4n) is 4.03. The molecule has 1 aromatic heterocycles. The van der Waals surface area contributed by atoms with Gasteiger partial charge in [-0.25, -0.2) is 0 Å². The Kier molecular flexibility index (Phi) is 5.79. The van der Waals surface area contributed by atoms with Crippen LogP contribution < -0.4 is 5.32 Å². The SMILES string of the molecule is CCCCCn1cc(CN(C(=O)C2CNCCO2)C2CC2)c2ccccc21. The van der Waals surface area contributed by atoms with Gasteiger partial charge in [0.15, 0.2) is 0 Å². The molecule has 0 bridgehead atoms. The van der Waals surface area contributed by atoms with Crippen LogP contribution in [0.25, 0.3) is 10.9 Å². The highest BCUT2D eigenvalue weighted by Gasteiger charge is 2.37. The molecule has 2 heterocycles. The van der Waals surface area contributed by atoms with Gasteiger partial charge < -0.3 is 19.5 Å². The number of amides is 1. The Morgan fingerprint density at radius 2 is 2.15 bits per heavy atom. The Hall–Kier alpha value is -1.85. The summed E-state index contributed by atoms with van der Waals surface area (Å²) in [4.78, 5) is 15.2. The molecule has 5 heteroatoms. The molecule has 1 N–H and O–H groups in total. The Balaban J connectivity index is 1.56. The summed E-state index contributed by atoms with van der Waals surface area (Å²) in [6, 6.07) is 8.97. The van der Waals surface area contributed by atoms with Gasteiger partial charge in [-0.15, -0.1) is 0 Å². The van der Waals surface area contributed by atoms with E-state index in [0.29, 0.717) is 25.7 Å². The summed E-state index contributed by atoms with van der Waals surface area (Å²) in [7, 11) is 0. The smallest absolute Gasteiger partial charge is 0.253 e. The predicted molar refractivity (Wildman–Crippen MR) is 108 cm³/mol.